The van der Waals surface area contributed by atoms with E-state index in [4.69, 9.17) is 28.4 Å². The van der Waals surface area contributed by atoms with E-state index in [9.17, 15) is 0 Å². The van der Waals surface area contributed by atoms with E-state index in [0.29, 0.717) is 0 Å². The van der Waals surface area contributed by atoms with Crippen LogP contribution in [0.25, 0.3) is 0 Å². The van der Waals surface area contributed by atoms with Gasteiger partial charge in [-0.1, -0.05) is 197 Å². The minimum absolute atomic E-state index is 0.0137. The van der Waals surface area contributed by atoms with Crippen molar-refractivity contribution >= 4 is 0 Å². The van der Waals surface area contributed by atoms with E-state index < -0.39 is 0 Å². The van der Waals surface area contributed by atoms with Crippen LogP contribution in [0.1, 0.15) is 191 Å². The number of rotatable bonds is 18. The third kappa shape index (κ3) is 15.8. The topological polar surface area (TPSA) is 55.4 Å². The Morgan fingerprint density at radius 1 is 0.179 bits per heavy atom. The predicted octanol–water partition coefficient (Wildman–Crippen LogP) is 18.9. The third-order valence-corrected chi connectivity index (χ3v) is 14.8. The zero-order valence-corrected chi connectivity index (χ0v) is 50.5. The minimum Gasteiger partial charge on any atom is -0.489 e. The first-order valence-corrected chi connectivity index (χ1v) is 28.0. The first kappa shape index (κ1) is 59.0. The van der Waals surface area contributed by atoms with Crippen LogP contribution in [0.15, 0.2) is 146 Å². The molecular formula is C72H90O6. The van der Waals surface area contributed by atoms with Gasteiger partial charge in [-0.05, 0) is 139 Å². The molecule has 0 unspecified atom stereocenters. The van der Waals surface area contributed by atoms with E-state index in [2.05, 4.69) is 270 Å². The SMILES string of the molecule is CC(C)(C)c1ccc(OCc2c(COc3ccc(C(C)(C)C)cc3)c(COc3ccc(C(C)(C)C)cc3)c(COc3ccc(C(C)(C)C)cc3)c(COc3ccc(C(C)(C)C)cc3)c2COc2ccc(C(C)(C)C)cc2)cc1. The van der Waals surface area contributed by atoms with Crippen molar-refractivity contribution in [3.05, 3.63) is 212 Å². The standard InChI is InChI=1S/C72H90O6/c1-67(2,3)49-19-31-55(32-20-49)73-43-61-62(44-74-56-33-21-50(22-34-56)68(4,5)6)64(46-76-58-37-25-52(26-38-58)70(10,11)12)66(48-78-60-41-29-54(30-42-60)72(16,17)18)65(47-77-59-39-27-53(28-40-59)71(13,14)15)63(61)45-75-57-35-23-51(24-36-57)69(7,8)9/h19-42H,43-48H2,1-18H3. The largest absolute Gasteiger partial charge is 0.489 e. The Balaban J connectivity index is 1.47. The summed E-state index contributed by atoms with van der Waals surface area (Å²) in [7, 11) is 0. The van der Waals surface area contributed by atoms with Crippen LogP contribution in [0.5, 0.6) is 34.5 Å². The van der Waals surface area contributed by atoms with Crippen LogP contribution in [0, 0.1) is 0 Å². The highest BCUT2D eigenvalue weighted by molar-refractivity contribution is 5.53. The van der Waals surface area contributed by atoms with Gasteiger partial charge in [0.05, 0.1) is 0 Å². The van der Waals surface area contributed by atoms with E-state index in [1.54, 1.807) is 0 Å². The van der Waals surface area contributed by atoms with Gasteiger partial charge in [-0.15, -0.1) is 0 Å². The summed E-state index contributed by atoms with van der Waals surface area (Å²) in [4.78, 5) is 0. The number of benzene rings is 7. The van der Waals surface area contributed by atoms with Gasteiger partial charge in [-0.3, -0.25) is 0 Å². The highest BCUT2D eigenvalue weighted by Crippen LogP contribution is 2.38. The summed E-state index contributed by atoms with van der Waals surface area (Å²) < 4.78 is 41.8. The summed E-state index contributed by atoms with van der Waals surface area (Å²) in [6, 6.07) is 50.8. The average Bonchev–Trinajstić information content (AvgIpc) is 3.38. The molecule has 0 spiro atoms. The van der Waals surface area contributed by atoms with Gasteiger partial charge in [0.2, 0.25) is 0 Å². The van der Waals surface area contributed by atoms with Crippen molar-refractivity contribution in [2.24, 2.45) is 0 Å². The van der Waals surface area contributed by atoms with Crippen molar-refractivity contribution in [3.63, 3.8) is 0 Å². The molecule has 0 aliphatic rings. The monoisotopic (exact) mass is 1050 g/mol. The van der Waals surface area contributed by atoms with Crippen LogP contribution >= 0.6 is 0 Å². The Kier molecular flexibility index (Phi) is 18.0. The van der Waals surface area contributed by atoms with Crippen molar-refractivity contribution in [2.45, 2.75) is 197 Å². The summed E-state index contributed by atoms with van der Waals surface area (Å²) >= 11 is 0. The predicted molar refractivity (Wildman–Crippen MR) is 323 cm³/mol. The molecular weight excluding hydrogens is 961 g/mol. The molecule has 7 rings (SSSR count). The van der Waals surface area contributed by atoms with E-state index in [1.165, 1.54) is 33.4 Å². The number of hydrogen-bond donors (Lipinski definition) is 0. The van der Waals surface area contributed by atoms with Crippen molar-refractivity contribution in [1.82, 2.24) is 0 Å². The molecule has 0 atom stereocenters. The lowest BCUT2D eigenvalue weighted by Gasteiger charge is -2.28. The van der Waals surface area contributed by atoms with Gasteiger partial charge in [-0.2, -0.15) is 0 Å². The van der Waals surface area contributed by atoms with Crippen LogP contribution in [0.3, 0.4) is 0 Å². The van der Waals surface area contributed by atoms with Gasteiger partial charge in [0.1, 0.15) is 74.1 Å². The first-order valence-electron chi connectivity index (χ1n) is 28.0. The van der Waals surface area contributed by atoms with Crippen molar-refractivity contribution in [3.8, 4) is 34.5 Å². The van der Waals surface area contributed by atoms with Crippen LogP contribution in [-0.4, -0.2) is 0 Å². The molecule has 6 nitrogen and oxygen atoms in total. The molecule has 78 heavy (non-hydrogen) atoms. The molecule has 0 saturated carbocycles. The smallest absolute Gasteiger partial charge is 0.119 e. The van der Waals surface area contributed by atoms with Gasteiger partial charge >= 0.3 is 0 Å². The maximum Gasteiger partial charge on any atom is 0.119 e. The fourth-order valence-corrected chi connectivity index (χ4v) is 9.38. The van der Waals surface area contributed by atoms with Crippen LogP contribution in [0.2, 0.25) is 0 Å². The van der Waals surface area contributed by atoms with Crippen molar-refractivity contribution in [2.75, 3.05) is 0 Å². The molecule has 414 valence electrons. The van der Waals surface area contributed by atoms with Crippen molar-refractivity contribution < 1.29 is 28.4 Å². The Morgan fingerprint density at radius 3 is 0.372 bits per heavy atom. The molecule has 0 heterocycles. The lowest BCUT2D eigenvalue weighted by molar-refractivity contribution is 0.249. The fourth-order valence-electron chi connectivity index (χ4n) is 9.38. The second kappa shape index (κ2) is 23.7. The molecule has 0 N–H and O–H groups in total. The minimum atomic E-state index is -0.0137. The molecule has 0 aliphatic carbocycles. The maximum atomic E-state index is 6.96. The van der Waals surface area contributed by atoms with E-state index >= 15 is 0 Å². The molecule has 0 radical (unpaired) electrons. The van der Waals surface area contributed by atoms with Gasteiger partial charge in [-0.25, -0.2) is 0 Å². The quantitative estimate of drug-likeness (QED) is 0.0854. The van der Waals surface area contributed by atoms with Gasteiger partial charge in [0.25, 0.3) is 0 Å². The second-order valence-corrected chi connectivity index (χ2v) is 27.2. The molecule has 0 aromatic heterocycles. The van der Waals surface area contributed by atoms with E-state index in [1.807, 2.05) is 0 Å². The molecule has 0 fully saturated rings. The maximum absolute atomic E-state index is 6.96. The van der Waals surface area contributed by atoms with E-state index in [-0.39, 0.29) is 72.1 Å². The summed E-state index contributed by atoms with van der Waals surface area (Å²) in [5.41, 5.74) is 12.9. The molecule has 7 aromatic rings. The van der Waals surface area contributed by atoms with Crippen molar-refractivity contribution in [1.29, 1.82) is 0 Å². The summed E-state index contributed by atoms with van der Waals surface area (Å²) in [6.07, 6.45) is 0. The van der Waals surface area contributed by atoms with E-state index in [0.717, 1.165) is 67.9 Å². The summed E-state index contributed by atoms with van der Waals surface area (Å²) in [5.74, 6) is 4.57. The zero-order chi connectivity index (χ0) is 56.8. The number of ether oxygens (including phenoxy) is 6. The molecule has 0 amide bonds. The van der Waals surface area contributed by atoms with Crippen LogP contribution < -0.4 is 28.4 Å². The highest BCUT2D eigenvalue weighted by Gasteiger charge is 2.28. The number of hydrogen-bond acceptors (Lipinski definition) is 6. The van der Waals surface area contributed by atoms with Gasteiger partial charge in [0, 0.05) is 33.4 Å². The van der Waals surface area contributed by atoms with Gasteiger partial charge < -0.3 is 28.4 Å². The molecule has 0 aliphatic heterocycles. The molecule has 7 aromatic carbocycles. The highest BCUT2D eigenvalue weighted by atomic mass is 16.5. The molecule has 6 heteroatoms. The normalized spacial score (nSPS) is 12.5. The lowest BCUT2D eigenvalue weighted by atomic mass is 9.86. The Bertz CT molecular complexity index is 2460. The Hall–Kier alpha value is -6.66. The summed E-state index contributed by atoms with van der Waals surface area (Å²) in [6.45, 7) is 41.4. The molecule has 0 saturated heterocycles. The molecule has 0 bridgehead atoms. The second-order valence-electron chi connectivity index (χ2n) is 27.2. The Morgan fingerprint density at radius 2 is 0.282 bits per heavy atom. The lowest BCUT2D eigenvalue weighted by Crippen LogP contribution is -2.21. The zero-order valence-electron chi connectivity index (χ0n) is 50.5. The van der Waals surface area contributed by atoms with Crippen LogP contribution in [0.4, 0.5) is 0 Å². The first-order chi connectivity index (χ1) is 36.4. The van der Waals surface area contributed by atoms with Gasteiger partial charge in [0.15, 0.2) is 0 Å². The fraction of sp³-hybridized carbons (Fsp3) is 0.417. The third-order valence-electron chi connectivity index (χ3n) is 14.8. The average molecular weight is 1050 g/mol. The Labute approximate surface area is 469 Å². The van der Waals surface area contributed by atoms with Crippen LogP contribution in [-0.2, 0) is 72.1 Å². The summed E-state index contributed by atoms with van der Waals surface area (Å²) in [5, 5.41) is 0.